The second-order valence-corrected chi connectivity index (χ2v) is 18.6. The van der Waals surface area contributed by atoms with Crippen molar-refractivity contribution in [3.63, 3.8) is 0 Å². The van der Waals surface area contributed by atoms with Gasteiger partial charge in [0.15, 0.2) is 0 Å². The van der Waals surface area contributed by atoms with Crippen LogP contribution in [-0.2, 0) is 27.0 Å². The molecule has 196 valence electrons. The van der Waals surface area contributed by atoms with E-state index < -0.39 is 23.6 Å². The molecule has 0 aromatic carbocycles. The molecule has 0 N–H and O–H groups in total. The summed E-state index contributed by atoms with van der Waals surface area (Å²) in [5.74, 6) is 0.0827. The predicted molar refractivity (Wildman–Crippen MR) is 144 cm³/mol. The smallest absolute Gasteiger partial charge is 0.214 e. The Kier molecular flexibility index (Phi) is 7.58. The summed E-state index contributed by atoms with van der Waals surface area (Å²) >= 11 is 0. The van der Waals surface area contributed by atoms with Gasteiger partial charge in [0.1, 0.15) is 24.0 Å². The van der Waals surface area contributed by atoms with E-state index in [1.807, 2.05) is 23.8 Å². The molecule has 1 aliphatic heterocycles. The molecule has 0 bridgehead atoms. The Hall–Kier alpha value is -3.03. The van der Waals surface area contributed by atoms with E-state index in [1.165, 1.54) is 4.31 Å². The van der Waals surface area contributed by atoms with E-state index in [1.54, 1.807) is 23.3 Å². The van der Waals surface area contributed by atoms with Crippen molar-refractivity contribution in [2.45, 2.75) is 57.7 Å². The van der Waals surface area contributed by atoms with Gasteiger partial charge in [-0.05, 0) is 18.5 Å². The zero-order chi connectivity index (χ0) is 26.8. The lowest BCUT2D eigenvalue weighted by atomic mass is 9.89. The fourth-order valence-electron chi connectivity index (χ4n) is 4.57. The van der Waals surface area contributed by atoms with E-state index in [0.29, 0.717) is 42.1 Å². The molecule has 1 aliphatic rings. The van der Waals surface area contributed by atoms with Gasteiger partial charge in [0, 0.05) is 62.9 Å². The van der Waals surface area contributed by atoms with Crippen molar-refractivity contribution in [3.05, 3.63) is 36.4 Å². The maximum absolute atomic E-state index is 12.5. The fourth-order valence-corrected chi connectivity index (χ4v) is 6.97. The monoisotopic (exact) mass is 539 g/mol. The zero-order valence-corrected chi connectivity index (χ0v) is 23.6. The first-order chi connectivity index (χ1) is 17.5. The number of fused-ring (bicyclic) bond motifs is 1. The molecule has 0 unspecified atom stereocenters. The van der Waals surface area contributed by atoms with E-state index in [9.17, 15) is 18.9 Å². The van der Waals surface area contributed by atoms with Gasteiger partial charge in [-0.1, -0.05) is 26.6 Å². The SMILES string of the molecule is CCCS(=O)(=O)N1CC(CC#N)(n2cc(-c3c(C#N)cnc4c3ccn4COCC[Si](C)(C)C)cn2)C1. The molecule has 4 rings (SSSR count). The van der Waals surface area contributed by atoms with Crippen LogP contribution in [0.5, 0.6) is 0 Å². The number of nitriles is 2. The highest BCUT2D eigenvalue weighted by Gasteiger charge is 2.50. The number of aromatic nitrogens is 4. The largest absolute Gasteiger partial charge is 0.361 e. The number of hydrogen-bond acceptors (Lipinski definition) is 7. The van der Waals surface area contributed by atoms with Crippen LogP contribution in [0.15, 0.2) is 30.9 Å². The standard InChI is InChI=1S/C25H33N7O3SSi/c1-5-11-36(33,34)31-17-25(18-31,7-8-26)32-16-21(15-29-32)23-20(13-27)14-28-24-22(23)6-9-30(24)19-35-10-12-37(2,3)4/h6,9,14-16H,5,7,10-12,17-19H2,1-4H3. The first kappa shape index (κ1) is 27.0. The summed E-state index contributed by atoms with van der Waals surface area (Å²) in [7, 11) is -4.54. The Bertz CT molecular complexity index is 1470. The van der Waals surface area contributed by atoms with Crippen molar-refractivity contribution in [1.29, 1.82) is 10.5 Å². The average molecular weight is 540 g/mol. The van der Waals surface area contributed by atoms with Crippen molar-refractivity contribution < 1.29 is 13.2 Å². The number of hydrogen-bond donors (Lipinski definition) is 0. The number of ether oxygens (including phenoxy) is 1. The molecular weight excluding hydrogens is 506 g/mol. The molecular formula is C25H33N7O3SSi. The molecule has 0 amide bonds. The van der Waals surface area contributed by atoms with Gasteiger partial charge in [0.2, 0.25) is 10.0 Å². The molecule has 1 fully saturated rings. The average Bonchev–Trinajstić information content (AvgIpc) is 3.45. The van der Waals surface area contributed by atoms with Crippen molar-refractivity contribution in [3.8, 4) is 23.3 Å². The van der Waals surface area contributed by atoms with Crippen LogP contribution in [0.1, 0.15) is 25.3 Å². The third-order valence-corrected chi connectivity index (χ3v) is 10.4. The highest BCUT2D eigenvalue weighted by atomic mass is 32.2. The molecule has 37 heavy (non-hydrogen) atoms. The Morgan fingerprint density at radius 2 is 1.97 bits per heavy atom. The lowest BCUT2D eigenvalue weighted by Gasteiger charge is -2.47. The quantitative estimate of drug-likeness (QED) is 0.268. The van der Waals surface area contributed by atoms with Crippen LogP contribution < -0.4 is 0 Å². The molecule has 10 nitrogen and oxygen atoms in total. The molecule has 3 aromatic heterocycles. The van der Waals surface area contributed by atoms with E-state index in [2.05, 4.69) is 41.9 Å². The Morgan fingerprint density at radius 3 is 2.62 bits per heavy atom. The maximum atomic E-state index is 12.5. The van der Waals surface area contributed by atoms with Gasteiger partial charge in [-0.2, -0.15) is 19.9 Å². The van der Waals surface area contributed by atoms with Crippen LogP contribution >= 0.6 is 0 Å². The maximum Gasteiger partial charge on any atom is 0.214 e. The minimum absolute atomic E-state index is 0.0827. The number of sulfonamides is 1. The van der Waals surface area contributed by atoms with Crippen LogP contribution in [0.4, 0.5) is 0 Å². The van der Waals surface area contributed by atoms with Crippen LogP contribution in [0.3, 0.4) is 0 Å². The van der Waals surface area contributed by atoms with E-state index >= 15 is 0 Å². The Morgan fingerprint density at radius 1 is 1.22 bits per heavy atom. The molecule has 4 heterocycles. The third kappa shape index (κ3) is 5.48. The van der Waals surface area contributed by atoms with E-state index in [4.69, 9.17) is 4.74 Å². The molecule has 0 saturated carbocycles. The molecule has 0 spiro atoms. The second-order valence-electron chi connectivity index (χ2n) is 10.8. The summed E-state index contributed by atoms with van der Waals surface area (Å²) in [6, 6.07) is 7.42. The van der Waals surface area contributed by atoms with Gasteiger partial charge in [0.25, 0.3) is 0 Å². The van der Waals surface area contributed by atoms with Crippen molar-refractivity contribution in [2.75, 3.05) is 25.4 Å². The predicted octanol–water partition coefficient (Wildman–Crippen LogP) is 3.75. The van der Waals surface area contributed by atoms with Gasteiger partial charge < -0.3 is 9.30 Å². The fraction of sp³-hybridized carbons (Fsp3) is 0.520. The lowest BCUT2D eigenvalue weighted by Crippen LogP contribution is -2.64. The zero-order valence-electron chi connectivity index (χ0n) is 21.8. The molecule has 0 radical (unpaired) electrons. The van der Waals surface area contributed by atoms with Gasteiger partial charge in [-0.15, -0.1) is 0 Å². The van der Waals surface area contributed by atoms with Gasteiger partial charge >= 0.3 is 0 Å². The van der Waals surface area contributed by atoms with E-state index in [-0.39, 0.29) is 25.3 Å². The highest BCUT2D eigenvalue weighted by Crippen LogP contribution is 2.37. The van der Waals surface area contributed by atoms with Crippen molar-refractivity contribution in [1.82, 2.24) is 23.6 Å². The number of pyridine rings is 1. The third-order valence-electron chi connectivity index (χ3n) is 6.70. The second kappa shape index (κ2) is 10.4. The molecule has 1 saturated heterocycles. The first-order valence-electron chi connectivity index (χ1n) is 12.4. The summed E-state index contributed by atoms with van der Waals surface area (Å²) in [5.41, 5.74) is 1.82. The lowest BCUT2D eigenvalue weighted by molar-refractivity contribution is 0.0718. The number of rotatable bonds is 11. The van der Waals surface area contributed by atoms with Crippen LogP contribution in [0.2, 0.25) is 25.7 Å². The Labute approximate surface area is 219 Å². The van der Waals surface area contributed by atoms with Crippen molar-refractivity contribution in [2.24, 2.45) is 0 Å². The van der Waals surface area contributed by atoms with Crippen molar-refractivity contribution >= 4 is 29.1 Å². The summed E-state index contributed by atoms with van der Waals surface area (Å²) in [6.07, 6.45) is 7.60. The first-order valence-corrected chi connectivity index (χ1v) is 17.7. The van der Waals surface area contributed by atoms with Gasteiger partial charge in [0.05, 0.1) is 30.0 Å². The Balaban J connectivity index is 1.63. The van der Waals surface area contributed by atoms with Crippen LogP contribution in [0, 0.1) is 22.7 Å². The van der Waals surface area contributed by atoms with Gasteiger partial charge in [-0.3, -0.25) is 4.68 Å². The summed E-state index contributed by atoms with van der Waals surface area (Å²) < 4.78 is 35.9. The van der Waals surface area contributed by atoms with Crippen LogP contribution in [0.25, 0.3) is 22.2 Å². The summed E-state index contributed by atoms with van der Waals surface area (Å²) in [5, 5.41) is 24.6. The van der Waals surface area contributed by atoms with E-state index in [0.717, 1.165) is 11.4 Å². The minimum atomic E-state index is -3.35. The summed E-state index contributed by atoms with van der Waals surface area (Å²) in [4.78, 5) is 4.52. The molecule has 0 aliphatic carbocycles. The molecule has 3 aromatic rings. The molecule has 0 atom stereocenters. The highest BCUT2D eigenvalue weighted by molar-refractivity contribution is 7.89. The van der Waals surface area contributed by atoms with Gasteiger partial charge in [-0.25, -0.2) is 13.4 Å². The summed E-state index contributed by atoms with van der Waals surface area (Å²) in [6.45, 7) is 10.2. The minimum Gasteiger partial charge on any atom is -0.361 e. The number of nitrogens with zero attached hydrogens (tertiary/aromatic N) is 7. The normalized spacial score (nSPS) is 15.8. The topological polar surface area (TPSA) is 130 Å². The van der Waals surface area contributed by atoms with Crippen LogP contribution in [-0.4, -0.2) is 65.6 Å². The molecule has 12 heteroatoms.